The molecule has 1 rings (SSSR count). The monoisotopic (exact) mass is 241 g/mol. The van der Waals surface area contributed by atoms with Gasteiger partial charge in [0, 0.05) is 27.1 Å². The fraction of sp³-hybridized carbons (Fsp3) is 0.833. The van der Waals surface area contributed by atoms with E-state index in [2.05, 4.69) is 10.2 Å². The van der Waals surface area contributed by atoms with Gasteiger partial charge in [-0.15, -0.1) is 0 Å². The molecule has 5 nitrogen and oxygen atoms in total. The van der Waals surface area contributed by atoms with Gasteiger partial charge in [-0.05, 0) is 32.9 Å². The fourth-order valence-electron chi connectivity index (χ4n) is 2.28. The maximum absolute atomic E-state index is 11.8. The summed E-state index contributed by atoms with van der Waals surface area (Å²) in [6, 6.07) is -0.0874. The Morgan fingerprint density at radius 2 is 1.82 bits per heavy atom. The highest BCUT2D eigenvalue weighted by Gasteiger charge is 2.29. The van der Waals surface area contributed by atoms with Gasteiger partial charge in [0.2, 0.25) is 11.8 Å². The molecule has 1 unspecified atom stereocenters. The van der Waals surface area contributed by atoms with Crippen molar-refractivity contribution in [2.75, 3.05) is 34.2 Å². The molecule has 1 fully saturated rings. The topological polar surface area (TPSA) is 52.7 Å². The number of carbonyl (C=O) groups is 2. The lowest BCUT2D eigenvalue weighted by molar-refractivity contribution is -0.134. The Morgan fingerprint density at radius 3 is 2.24 bits per heavy atom. The Hall–Kier alpha value is -1.10. The molecule has 0 aromatic carbocycles. The zero-order valence-electron chi connectivity index (χ0n) is 11.2. The minimum absolute atomic E-state index is 0.0874. The van der Waals surface area contributed by atoms with Gasteiger partial charge in [0.05, 0.1) is 6.04 Å². The number of piperidine rings is 1. The summed E-state index contributed by atoms with van der Waals surface area (Å²) < 4.78 is 0. The number of likely N-dealkylation sites (N-methyl/N-ethyl adjacent to an activating group) is 1. The lowest BCUT2D eigenvalue weighted by Crippen LogP contribution is -2.49. The first-order valence-electron chi connectivity index (χ1n) is 6.14. The highest BCUT2D eigenvalue weighted by Crippen LogP contribution is 2.19. The molecule has 0 saturated carbocycles. The number of carbonyl (C=O) groups excluding carboxylic acids is 2. The molecule has 98 valence electrons. The maximum atomic E-state index is 11.8. The van der Waals surface area contributed by atoms with Crippen LogP contribution < -0.4 is 5.32 Å². The molecule has 1 saturated heterocycles. The number of hydrogen-bond donors (Lipinski definition) is 1. The van der Waals surface area contributed by atoms with Crippen molar-refractivity contribution < 1.29 is 9.59 Å². The third-order valence-corrected chi connectivity index (χ3v) is 3.49. The smallest absolute Gasteiger partial charge is 0.239 e. The van der Waals surface area contributed by atoms with Gasteiger partial charge >= 0.3 is 0 Å². The average Bonchev–Trinajstić information content (AvgIpc) is 2.36. The van der Waals surface area contributed by atoms with Crippen LogP contribution in [0, 0.1) is 5.92 Å². The zero-order valence-corrected chi connectivity index (χ0v) is 11.2. The number of amides is 2. The van der Waals surface area contributed by atoms with E-state index in [4.69, 9.17) is 0 Å². The Kier molecular flexibility index (Phi) is 4.93. The molecule has 0 aliphatic carbocycles. The van der Waals surface area contributed by atoms with E-state index in [9.17, 15) is 9.59 Å². The number of rotatable bonds is 3. The van der Waals surface area contributed by atoms with Crippen molar-refractivity contribution in [2.45, 2.75) is 25.8 Å². The first kappa shape index (κ1) is 14.0. The molecule has 0 radical (unpaired) electrons. The Balaban J connectivity index is 2.46. The van der Waals surface area contributed by atoms with Gasteiger partial charge in [-0.3, -0.25) is 14.5 Å². The van der Waals surface area contributed by atoms with E-state index < -0.39 is 0 Å². The predicted molar refractivity (Wildman–Crippen MR) is 66.5 cm³/mol. The summed E-state index contributed by atoms with van der Waals surface area (Å²) in [7, 11) is 5.22. The van der Waals surface area contributed by atoms with Gasteiger partial charge in [0.1, 0.15) is 0 Å². The van der Waals surface area contributed by atoms with Crippen molar-refractivity contribution in [1.82, 2.24) is 15.1 Å². The van der Waals surface area contributed by atoms with E-state index >= 15 is 0 Å². The van der Waals surface area contributed by atoms with Crippen molar-refractivity contribution in [3.8, 4) is 0 Å². The number of nitrogens with one attached hydrogen (secondary N) is 1. The number of hydrogen-bond acceptors (Lipinski definition) is 3. The van der Waals surface area contributed by atoms with Crippen LogP contribution in [-0.4, -0.2) is 61.9 Å². The van der Waals surface area contributed by atoms with Crippen molar-refractivity contribution >= 4 is 11.8 Å². The third kappa shape index (κ3) is 3.43. The molecule has 17 heavy (non-hydrogen) atoms. The van der Waals surface area contributed by atoms with Crippen molar-refractivity contribution in [1.29, 1.82) is 0 Å². The Labute approximate surface area is 103 Å². The SMILES string of the molecule is CNC(=O)C1CCN(C(C)C(=O)N(C)C)CC1. The van der Waals surface area contributed by atoms with Gasteiger partial charge in [0.15, 0.2) is 0 Å². The molecule has 1 atom stereocenters. The average molecular weight is 241 g/mol. The summed E-state index contributed by atoms with van der Waals surface area (Å²) in [5, 5.41) is 2.69. The van der Waals surface area contributed by atoms with Crippen LogP contribution in [0.15, 0.2) is 0 Å². The Morgan fingerprint density at radius 1 is 1.29 bits per heavy atom. The van der Waals surface area contributed by atoms with Crippen LogP contribution in [0.5, 0.6) is 0 Å². The molecule has 0 aromatic rings. The van der Waals surface area contributed by atoms with Gasteiger partial charge in [0.25, 0.3) is 0 Å². The van der Waals surface area contributed by atoms with Crippen molar-refractivity contribution in [3.63, 3.8) is 0 Å². The lowest BCUT2D eigenvalue weighted by Gasteiger charge is -2.35. The molecule has 2 amide bonds. The fourth-order valence-corrected chi connectivity index (χ4v) is 2.28. The van der Waals surface area contributed by atoms with Crippen LogP contribution in [0.4, 0.5) is 0 Å². The van der Waals surface area contributed by atoms with Gasteiger partial charge in [-0.1, -0.05) is 0 Å². The van der Waals surface area contributed by atoms with E-state index in [-0.39, 0.29) is 23.8 Å². The van der Waals surface area contributed by atoms with Crippen molar-refractivity contribution in [3.05, 3.63) is 0 Å². The largest absolute Gasteiger partial charge is 0.359 e. The number of nitrogens with zero attached hydrogens (tertiary/aromatic N) is 2. The zero-order chi connectivity index (χ0) is 13.0. The lowest BCUT2D eigenvalue weighted by atomic mass is 9.95. The summed E-state index contributed by atoms with van der Waals surface area (Å²) in [6.45, 7) is 3.57. The van der Waals surface area contributed by atoms with Crippen LogP contribution in [0.25, 0.3) is 0 Å². The summed E-state index contributed by atoms with van der Waals surface area (Å²) in [4.78, 5) is 27.1. The van der Waals surface area contributed by atoms with Gasteiger partial charge in [-0.2, -0.15) is 0 Å². The molecule has 1 aliphatic rings. The molecular formula is C12H23N3O2. The van der Waals surface area contributed by atoms with E-state index in [0.717, 1.165) is 25.9 Å². The molecule has 0 aromatic heterocycles. The van der Waals surface area contributed by atoms with Crippen molar-refractivity contribution in [2.24, 2.45) is 5.92 Å². The molecule has 0 bridgehead atoms. The van der Waals surface area contributed by atoms with Gasteiger partial charge < -0.3 is 10.2 Å². The van der Waals surface area contributed by atoms with E-state index in [1.807, 2.05) is 6.92 Å². The second kappa shape index (κ2) is 6.00. The molecule has 1 N–H and O–H groups in total. The van der Waals surface area contributed by atoms with E-state index in [0.29, 0.717) is 0 Å². The highest BCUT2D eigenvalue weighted by atomic mass is 16.2. The minimum atomic E-state index is -0.0874. The van der Waals surface area contributed by atoms with Crippen LogP contribution in [0.3, 0.4) is 0 Å². The summed E-state index contributed by atoms with van der Waals surface area (Å²) in [5.74, 6) is 0.359. The second-order valence-electron chi connectivity index (χ2n) is 4.83. The second-order valence-corrected chi connectivity index (χ2v) is 4.83. The van der Waals surface area contributed by atoms with Gasteiger partial charge in [-0.25, -0.2) is 0 Å². The maximum Gasteiger partial charge on any atom is 0.239 e. The first-order chi connectivity index (χ1) is 7.97. The molecule has 1 heterocycles. The standard InChI is InChI=1S/C12H23N3O2/c1-9(12(17)14(3)4)15-7-5-10(6-8-15)11(16)13-2/h9-10H,5-8H2,1-4H3,(H,13,16). The quantitative estimate of drug-likeness (QED) is 0.752. The normalized spacial score (nSPS) is 19.8. The molecule has 1 aliphatic heterocycles. The summed E-state index contributed by atoms with van der Waals surface area (Å²) in [5.41, 5.74) is 0. The molecular weight excluding hydrogens is 218 g/mol. The molecule has 0 spiro atoms. The molecule has 5 heteroatoms. The minimum Gasteiger partial charge on any atom is -0.359 e. The summed E-state index contributed by atoms with van der Waals surface area (Å²) >= 11 is 0. The third-order valence-electron chi connectivity index (χ3n) is 3.49. The van der Waals surface area contributed by atoms with E-state index in [1.165, 1.54) is 0 Å². The van der Waals surface area contributed by atoms with Crippen LogP contribution in [-0.2, 0) is 9.59 Å². The van der Waals surface area contributed by atoms with Crippen LogP contribution >= 0.6 is 0 Å². The predicted octanol–water partition coefficient (Wildman–Crippen LogP) is -0.0789. The Bertz CT molecular complexity index is 283. The van der Waals surface area contributed by atoms with Crippen LogP contribution in [0.2, 0.25) is 0 Å². The first-order valence-corrected chi connectivity index (χ1v) is 6.14. The number of likely N-dealkylation sites (tertiary alicyclic amines) is 1. The highest BCUT2D eigenvalue weighted by molar-refractivity contribution is 5.81. The summed E-state index contributed by atoms with van der Waals surface area (Å²) in [6.07, 6.45) is 1.68. The van der Waals surface area contributed by atoms with Crippen LogP contribution in [0.1, 0.15) is 19.8 Å². The van der Waals surface area contributed by atoms with E-state index in [1.54, 1.807) is 26.0 Å².